The van der Waals surface area contributed by atoms with Gasteiger partial charge in [-0.05, 0) is 24.0 Å². The van der Waals surface area contributed by atoms with E-state index < -0.39 is 29.1 Å². The van der Waals surface area contributed by atoms with Crippen molar-refractivity contribution in [1.29, 1.82) is 0 Å². The predicted octanol–water partition coefficient (Wildman–Crippen LogP) is 3.84. The average molecular weight is 416 g/mol. The number of carbonyl (C=O) groups is 2. The lowest BCUT2D eigenvalue weighted by Gasteiger charge is -2.16. The molecular formula is C21H24N2O7. The lowest BCUT2D eigenvalue weighted by Crippen LogP contribution is -2.22. The zero-order chi connectivity index (χ0) is 22.4. The van der Waals surface area contributed by atoms with Gasteiger partial charge in [-0.2, -0.15) is 0 Å². The number of anilines is 1. The number of esters is 1. The smallest absolute Gasteiger partial charge is 0.345 e. The number of methoxy groups -OCH3 is 2. The molecule has 0 saturated heterocycles. The number of nitrogens with zero attached hydrogens (tertiary/aromatic N) is 1. The van der Waals surface area contributed by atoms with Gasteiger partial charge in [0.25, 0.3) is 11.6 Å². The van der Waals surface area contributed by atoms with Crippen LogP contribution in [0.15, 0.2) is 30.3 Å². The van der Waals surface area contributed by atoms with Crippen molar-refractivity contribution in [1.82, 2.24) is 0 Å². The summed E-state index contributed by atoms with van der Waals surface area (Å²) < 4.78 is 15.1. The van der Waals surface area contributed by atoms with Crippen LogP contribution in [0.25, 0.3) is 0 Å². The van der Waals surface area contributed by atoms with Crippen LogP contribution in [0.1, 0.15) is 41.3 Å². The van der Waals surface area contributed by atoms with Crippen molar-refractivity contribution >= 4 is 23.3 Å². The minimum Gasteiger partial charge on any atom is -0.493 e. The van der Waals surface area contributed by atoms with Gasteiger partial charge in [0.05, 0.1) is 25.2 Å². The van der Waals surface area contributed by atoms with Gasteiger partial charge < -0.3 is 19.5 Å². The zero-order valence-corrected chi connectivity index (χ0v) is 17.5. The molecule has 160 valence electrons. The quantitative estimate of drug-likeness (QED) is 0.395. The molecule has 0 atom stereocenters. The minimum atomic E-state index is -1.02. The fourth-order valence-corrected chi connectivity index (χ4v) is 2.91. The summed E-state index contributed by atoms with van der Waals surface area (Å²) in [7, 11) is 2.65. The summed E-state index contributed by atoms with van der Waals surface area (Å²) in [6.45, 7) is 5.26. The molecule has 0 fully saturated rings. The molecule has 2 aromatic carbocycles. The van der Waals surface area contributed by atoms with Gasteiger partial charge in [-0.15, -0.1) is 0 Å². The zero-order valence-electron chi connectivity index (χ0n) is 17.5. The van der Waals surface area contributed by atoms with E-state index in [4.69, 9.17) is 14.2 Å². The standard InChI is InChI=1S/C21H24N2O7/c1-12(2)14-8-6-7-13(3)20(14)22-19(24)11-30-21(25)15-9-17(28-4)18(29-5)10-16(15)23(26)27/h6-10,12H,11H2,1-5H3,(H,22,24). The lowest BCUT2D eigenvalue weighted by atomic mass is 9.98. The average Bonchev–Trinajstić information content (AvgIpc) is 2.71. The summed E-state index contributed by atoms with van der Waals surface area (Å²) in [4.78, 5) is 35.4. The molecule has 0 aliphatic carbocycles. The Morgan fingerprint density at radius 3 is 2.33 bits per heavy atom. The third-order valence-corrected chi connectivity index (χ3v) is 4.44. The first-order valence-electron chi connectivity index (χ1n) is 9.16. The van der Waals surface area contributed by atoms with E-state index in [1.165, 1.54) is 14.2 Å². The highest BCUT2D eigenvalue weighted by atomic mass is 16.6. The monoisotopic (exact) mass is 416 g/mol. The van der Waals surface area contributed by atoms with Crippen molar-refractivity contribution in [2.45, 2.75) is 26.7 Å². The van der Waals surface area contributed by atoms with E-state index in [0.29, 0.717) is 5.69 Å². The van der Waals surface area contributed by atoms with Gasteiger partial charge in [0.2, 0.25) is 0 Å². The number of rotatable bonds is 8. The maximum atomic E-state index is 12.4. The molecule has 0 aromatic heterocycles. The Bertz CT molecular complexity index is 970. The number of aryl methyl sites for hydroxylation is 1. The number of hydrogen-bond acceptors (Lipinski definition) is 7. The molecule has 0 bridgehead atoms. The van der Waals surface area contributed by atoms with Gasteiger partial charge in [0.1, 0.15) is 5.56 Å². The Morgan fingerprint density at radius 2 is 1.77 bits per heavy atom. The SMILES string of the molecule is COc1cc(C(=O)OCC(=O)Nc2c(C)cccc2C(C)C)c([N+](=O)[O-])cc1OC. The van der Waals surface area contributed by atoms with Crippen molar-refractivity contribution in [3.05, 3.63) is 57.1 Å². The highest BCUT2D eigenvalue weighted by Crippen LogP contribution is 2.35. The summed E-state index contributed by atoms with van der Waals surface area (Å²) in [5.41, 5.74) is 1.62. The maximum absolute atomic E-state index is 12.4. The summed E-state index contributed by atoms with van der Waals surface area (Å²) in [6, 6.07) is 7.89. The largest absolute Gasteiger partial charge is 0.493 e. The number of nitro groups is 1. The Hall–Kier alpha value is -3.62. The number of amides is 1. The molecule has 0 spiro atoms. The van der Waals surface area contributed by atoms with E-state index in [2.05, 4.69) is 5.32 Å². The number of para-hydroxylation sites is 1. The van der Waals surface area contributed by atoms with E-state index in [1.54, 1.807) is 0 Å². The molecule has 0 unspecified atom stereocenters. The molecule has 1 amide bonds. The van der Waals surface area contributed by atoms with Gasteiger partial charge in [-0.3, -0.25) is 14.9 Å². The summed E-state index contributed by atoms with van der Waals surface area (Å²) in [5, 5.41) is 14.1. The Morgan fingerprint density at radius 1 is 1.13 bits per heavy atom. The van der Waals surface area contributed by atoms with Crippen LogP contribution in [0.4, 0.5) is 11.4 Å². The first-order chi connectivity index (χ1) is 14.2. The number of carbonyl (C=O) groups excluding carboxylic acids is 2. The second-order valence-electron chi connectivity index (χ2n) is 6.80. The van der Waals surface area contributed by atoms with Crippen molar-refractivity contribution < 1.29 is 28.7 Å². The number of benzene rings is 2. The number of hydrogen-bond donors (Lipinski definition) is 1. The molecule has 0 heterocycles. The molecule has 9 heteroatoms. The normalized spacial score (nSPS) is 10.5. The van der Waals surface area contributed by atoms with E-state index in [-0.39, 0.29) is 23.0 Å². The van der Waals surface area contributed by atoms with Crippen LogP contribution in [-0.4, -0.2) is 37.6 Å². The molecule has 0 radical (unpaired) electrons. The van der Waals surface area contributed by atoms with Crippen molar-refractivity contribution in [2.24, 2.45) is 0 Å². The van der Waals surface area contributed by atoms with Crippen molar-refractivity contribution in [3.63, 3.8) is 0 Å². The van der Waals surface area contributed by atoms with Crippen molar-refractivity contribution in [2.75, 3.05) is 26.1 Å². The van der Waals surface area contributed by atoms with E-state index in [1.807, 2.05) is 39.0 Å². The molecule has 2 rings (SSSR count). The summed E-state index contributed by atoms with van der Waals surface area (Å²) in [6.07, 6.45) is 0. The van der Waals surface area contributed by atoms with Crippen LogP contribution in [-0.2, 0) is 9.53 Å². The fourth-order valence-electron chi connectivity index (χ4n) is 2.91. The highest BCUT2D eigenvalue weighted by molar-refractivity contribution is 5.98. The maximum Gasteiger partial charge on any atom is 0.345 e. The molecule has 0 aliphatic heterocycles. The highest BCUT2D eigenvalue weighted by Gasteiger charge is 2.26. The second kappa shape index (κ2) is 9.73. The minimum absolute atomic E-state index is 0.0965. The lowest BCUT2D eigenvalue weighted by molar-refractivity contribution is -0.385. The van der Waals surface area contributed by atoms with Gasteiger partial charge in [0, 0.05) is 11.8 Å². The van der Waals surface area contributed by atoms with Gasteiger partial charge in [0.15, 0.2) is 18.1 Å². The molecule has 2 aromatic rings. The van der Waals surface area contributed by atoms with Crippen LogP contribution in [0.3, 0.4) is 0 Å². The van der Waals surface area contributed by atoms with Gasteiger partial charge in [-0.25, -0.2) is 4.79 Å². The van der Waals surface area contributed by atoms with Crippen molar-refractivity contribution in [3.8, 4) is 11.5 Å². The molecule has 0 aliphatic rings. The number of nitro benzene ring substituents is 1. The van der Waals surface area contributed by atoms with E-state index in [9.17, 15) is 19.7 Å². The fraction of sp³-hybridized carbons (Fsp3) is 0.333. The van der Waals surface area contributed by atoms with E-state index >= 15 is 0 Å². The molecule has 9 nitrogen and oxygen atoms in total. The van der Waals surface area contributed by atoms with Crippen LogP contribution < -0.4 is 14.8 Å². The first-order valence-corrected chi connectivity index (χ1v) is 9.16. The Kier molecular flexibility index (Phi) is 7.35. The van der Waals surface area contributed by atoms with Gasteiger partial charge >= 0.3 is 5.97 Å². The second-order valence-corrected chi connectivity index (χ2v) is 6.80. The molecule has 1 N–H and O–H groups in total. The van der Waals surface area contributed by atoms with Crippen LogP contribution >= 0.6 is 0 Å². The topological polar surface area (TPSA) is 117 Å². The number of ether oxygens (including phenoxy) is 3. The Labute approximate surface area is 174 Å². The predicted molar refractivity (Wildman–Crippen MR) is 110 cm³/mol. The summed E-state index contributed by atoms with van der Waals surface area (Å²) >= 11 is 0. The third-order valence-electron chi connectivity index (χ3n) is 4.44. The van der Waals surface area contributed by atoms with Crippen LogP contribution in [0, 0.1) is 17.0 Å². The molecule has 0 saturated carbocycles. The first kappa shape index (κ1) is 22.7. The number of nitrogens with one attached hydrogen (secondary N) is 1. The van der Waals surface area contributed by atoms with E-state index in [0.717, 1.165) is 23.3 Å². The van der Waals surface area contributed by atoms with Crippen LogP contribution in [0.2, 0.25) is 0 Å². The van der Waals surface area contributed by atoms with Crippen LogP contribution in [0.5, 0.6) is 11.5 Å². The Balaban J connectivity index is 2.18. The molecular weight excluding hydrogens is 392 g/mol. The third kappa shape index (κ3) is 5.05. The molecule has 30 heavy (non-hydrogen) atoms. The summed E-state index contributed by atoms with van der Waals surface area (Å²) in [5.74, 6) is -1.17. The van der Waals surface area contributed by atoms with Gasteiger partial charge in [-0.1, -0.05) is 32.0 Å².